The van der Waals surface area contributed by atoms with Crippen LogP contribution in [-0.2, 0) is 0 Å². The molecule has 0 spiro atoms. The first kappa shape index (κ1) is 14.4. The predicted molar refractivity (Wildman–Crippen MR) is 81.8 cm³/mol. The van der Waals surface area contributed by atoms with Gasteiger partial charge < -0.3 is 10.0 Å². The number of aryl methyl sites for hydroxylation is 2. The van der Waals surface area contributed by atoms with Crippen LogP contribution in [0, 0.1) is 19.8 Å². The van der Waals surface area contributed by atoms with Gasteiger partial charge in [-0.05, 0) is 49.9 Å². The highest BCUT2D eigenvalue weighted by molar-refractivity contribution is 5.50. The molecule has 0 heterocycles. The Morgan fingerprint density at radius 2 is 1.68 bits per heavy atom. The van der Waals surface area contributed by atoms with Crippen LogP contribution in [0.25, 0.3) is 0 Å². The molecule has 1 fully saturated rings. The molecule has 0 aliphatic heterocycles. The van der Waals surface area contributed by atoms with E-state index in [4.69, 9.17) is 0 Å². The summed E-state index contributed by atoms with van der Waals surface area (Å²) in [5.41, 5.74) is 3.89. The summed E-state index contributed by atoms with van der Waals surface area (Å²) in [5, 5.41) is 10.2. The van der Waals surface area contributed by atoms with Gasteiger partial charge in [0.25, 0.3) is 0 Å². The van der Waals surface area contributed by atoms with Gasteiger partial charge in [0.1, 0.15) is 0 Å². The lowest BCUT2D eigenvalue weighted by Crippen LogP contribution is -2.32. The van der Waals surface area contributed by atoms with Gasteiger partial charge in [-0.1, -0.05) is 25.3 Å². The fourth-order valence-electron chi connectivity index (χ4n) is 3.21. The maximum Gasteiger partial charge on any atom is 0.0585 e. The quantitative estimate of drug-likeness (QED) is 0.839. The highest BCUT2D eigenvalue weighted by Crippen LogP contribution is 2.26. The zero-order valence-corrected chi connectivity index (χ0v) is 12.5. The van der Waals surface area contributed by atoms with Crippen molar-refractivity contribution < 1.29 is 5.11 Å². The summed E-state index contributed by atoms with van der Waals surface area (Å²) in [6, 6.07) is 6.67. The van der Waals surface area contributed by atoms with Crippen LogP contribution >= 0.6 is 0 Å². The van der Waals surface area contributed by atoms with Gasteiger partial charge in [0.05, 0.1) is 6.10 Å². The lowest BCUT2D eigenvalue weighted by molar-refractivity contribution is 0.104. The first-order valence-corrected chi connectivity index (χ1v) is 7.54. The molecule has 0 radical (unpaired) electrons. The number of rotatable bonds is 3. The molecule has 2 unspecified atom stereocenters. The zero-order valence-electron chi connectivity index (χ0n) is 12.5. The van der Waals surface area contributed by atoms with E-state index in [1.54, 1.807) is 0 Å². The Hall–Kier alpha value is -1.02. The van der Waals surface area contributed by atoms with E-state index in [1.807, 2.05) is 0 Å². The molecule has 0 bridgehead atoms. The second-order valence-corrected chi connectivity index (χ2v) is 6.19. The Morgan fingerprint density at radius 3 is 2.37 bits per heavy atom. The number of aliphatic hydroxyl groups excluding tert-OH is 1. The third kappa shape index (κ3) is 3.97. The van der Waals surface area contributed by atoms with Crippen LogP contribution in [0.3, 0.4) is 0 Å². The Morgan fingerprint density at radius 1 is 1.05 bits per heavy atom. The van der Waals surface area contributed by atoms with Gasteiger partial charge in [-0.3, -0.25) is 0 Å². The molecule has 19 heavy (non-hydrogen) atoms. The number of aliphatic hydroxyl groups is 1. The monoisotopic (exact) mass is 261 g/mol. The molecule has 1 aliphatic carbocycles. The average Bonchev–Trinajstić information content (AvgIpc) is 2.54. The number of benzene rings is 1. The van der Waals surface area contributed by atoms with Crippen molar-refractivity contribution in [1.29, 1.82) is 0 Å². The fourth-order valence-corrected chi connectivity index (χ4v) is 3.21. The first-order chi connectivity index (χ1) is 9.06. The molecule has 0 saturated heterocycles. The summed E-state index contributed by atoms with van der Waals surface area (Å²) in [7, 11) is 2.14. The SMILES string of the molecule is Cc1cc(C)cc(N(C)CC2CCCCCC2O)c1. The minimum absolute atomic E-state index is 0.115. The number of nitrogens with zero attached hydrogens (tertiary/aromatic N) is 1. The number of anilines is 1. The van der Waals surface area contributed by atoms with Crippen molar-refractivity contribution in [2.45, 2.75) is 52.1 Å². The molecular formula is C17H27NO. The van der Waals surface area contributed by atoms with Gasteiger partial charge in [0.15, 0.2) is 0 Å². The van der Waals surface area contributed by atoms with E-state index in [0.717, 1.165) is 19.4 Å². The molecule has 0 amide bonds. The number of hydrogen-bond donors (Lipinski definition) is 1. The van der Waals surface area contributed by atoms with Crippen molar-refractivity contribution in [3.63, 3.8) is 0 Å². The molecule has 0 aromatic heterocycles. The van der Waals surface area contributed by atoms with Gasteiger partial charge in [-0.15, -0.1) is 0 Å². The fraction of sp³-hybridized carbons (Fsp3) is 0.647. The third-order valence-corrected chi connectivity index (χ3v) is 4.27. The molecule has 2 rings (SSSR count). The summed E-state index contributed by atoms with van der Waals surface area (Å²) in [6.07, 6.45) is 5.76. The first-order valence-electron chi connectivity index (χ1n) is 7.54. The maximum atomic E-state index is 10.2. The minimum Gasteiger partial charge on any atom is -0.393 e. The Balaban J connectivity index is 2.04. The van der Waals surface area contributed by atoms with E-state index < -0.39 is 0 Å². The minimum atomic E-state index is -0.115. The summed E-state index contributed by atoms with van der Waals surface area (Å²) in [6.45, 7) is 5.25. The molecule has 2 heteroatoms. The largest absolute Gasteiger partial charge is 0.393 e. The van der Waals surface area contributed by atoms with Crippen molar-refractivity contribution in [2.75, 3.05) is 18.5 Å². The smallest absolute Gasteiger partial charge is 0.0585 e. The van der Waals surface area contributed by atoms with Gasteiger partial charge in [0, 0.05) is 25.2 Å². The van der Waals surface area contributed by atoms with E-state index in [-0.39, 0.29) is 6.10 Å². The van der Waals surface area contributed by atoms with Gasteiger partial charge >= 0.3 is 0 Å². The molecule has 1 N–H and O–H groups in total. The molecule has 1 aliphatic rings. The van der Waals surface area contributed by atoms with E-state index in [1.165, 1.54) is 36.1 Å². The Kier molecular flexibility index (Phi) is 4.87. The number of hydrogen-bond acceptors (Lipinski definition) is 2. The summed E-state index contributed by atoms with van der Waals surface area (Å²) in [4.78, 5) is 2.30. The van der Waals surface area contributed by atoms with Crippen molar-refractivity contribution in [2.24, 2.45) is 5.92 Å². The van der Waals surface area contributed by atoms with Crippen molar-refractivity contribution in [1.82, 2.24) is 0 Å². The molecule has 2 nitrogen and oxygen atoms in total. The predicted octanol–water partition coefficient (Wildman–Crippen LogP) is 3.68. The normalized spacial score (nSPS) is 24.0. The molecule has 1 saturated carbocycles. The highest BCUT2D eigenvalue weighted by Gasteiger charge is 2.23. The van der Waals surface area contributed by atoms with E-state index in [2.05, 4.69) is 44.0 Å². The van der Waals surface area contributed by atoms with E-state index >= 15 is 0 Å². The van der Waals surface area contributed by atoms with Crippen LogP contribution in [0.4, 0.5) is 5.69 Å². The van der Waals surface area contributed by atoms with Crippen LogP contribution in [0.5, 0.6) is 0 Å². The molecule has 1 aromatic carbocycles. The molecule has 2 atom stereocenters. The molecule has 106 valence electrons. The van der Waals surface area contributed by atoms with Crippen LogP contribution in [0.1, 0.15) is 43.2 Å². The van der Waals surface area contributed by atoms with Gasteiger partial charge in [0.2, 0.25) is 0 Å². The van der Waals surface area contributed by atoms with Crippen molar-refractivity contribution in [3.05, 3.63) is 29.3 Å². The lowest BCUT2D eigenvalue weighted by atomic mass is 9.96. The van der Waals surface area contributed by atoms with Crippen molar-refractivity contribution >= 4 is 5.69 Å². The summed E-state index contributed by atoms with van der Waals surface area (Å²) >= 11 is 0. The summed E-state index contributed by atoms with van der Waals surface area (Å²) < 4.78 is 0. The Bertz CT molecular complexity index is 395. The third-order valence-electron chi connectivity index (χ3n) is 4.27. The van der Waals surface area contributed by atoms with Gasteiger partial charge in [-0.25, -0.2) is 0 Å². The standard InChI is InChI=1S/C17H27NO/c1-13-9-14(2)11-16(10-13)18(3)12-15-7-5-4-6-8-17(15)19/h9-11,15,17,19H,4-8,12H2,1-3H3. The second kappa shape index (κ2) is 6.42. The second-order valence-electron chi connectivity index (χ2n) is 6.19. The zero-order chi connectivity index (χ0) is 13.8. The van der Waals surface area contributed by atoms with Crippen LogP contribution in [0.15, 0.2) is 18.2 Å². The molecular weight excluding hydrogens is 234 g/mol. The van der Waals surface area contributed by atoms with Crippen molar-refractivity contribution in [3.8, 4) is 0 Å². The highest BCUT2D eigenvalue weighted by atomic mass is 16.3. The molecule has 1 aromatic rings. The lowest BCUT2D eigenvalue weighted by Gasteiger charge is -2.28. The van der Waals surface area contributed by atoms with E-state index in [9.17, 15) is 5.11 Å². The van der Waals surface area contributed by atoms with Crippen LogP contribution in [-0.4, -0.2) is 24.8 Å². The van der Waals surface area contributed by atoms with Crippen LogP contribution < -0.4 is 4.90 Å². The topological polar surface area (TPSA) is 23.5 Å². The Labute approximate surface area is 117 Å². The van der Waals surface area contributed by atoms with Crippen LogP contribution in [0.2, 0.25) is 0 Å². The summed E-state index contributed by atoms with van der Waals surface area (Å²) in [5.74, 6) is 0.424. The maximum absolute atomic E-state index is 10.2. The van der Waals surface area contributed by atoms with E-state index in [0.29, 0.717) is 5.92 Å². The average molecular weight is 261 g/mol. The van der Waals surface area contributed by atoms with Gasteiger partial charge in [-0.2, -0.15) is 0 Å².